The Hall–Kier alpha value is -0.0800. The van der Waals surface area contributed by atoms with Crippen molar-refractivity contribution in [2.45, 2.75) is 52.0 Å². The van der Waals surface area contributed by atoms with Crippen LogP contribution in [0, 0.1) is 0 Å². The van der Waals surface area contributed by atoms with E-state index in [9.17, 15) is 0 Å². The molecule has 1 aliphatic rings. The fourth-order valence-electron chi connectivity index (χ4n) is 1.89. The number of nitrogens with zero attached hydrogens (tertiary/aromatic N) is 1. The number of unbranched alkanes of at least 4 members (excludes halogenated alkanes) is 2. The first-order chi connectivity index (χ1) is 6.88. The number of hydrogen-bond acceptors (Lipinski definition) is 2. The van der Waals surface area contributed by atoms with Gasteiger partial charge in [-0.3, -0.25) is 4.90 Å². The Morgan fingerprint density at radius 3 is 2.50 bits per heavy atom. The lowest BCUT2D eigenvalue weighted by atomic mass is 10.2. The summed E-state index contributed by atoms with van der Waals surface area (Å²) in [6, 6.07) is 0.928. The van der Waals surface area contributed by atoms with Gasteiger partial charge in [-0.25, -0.2) is 0 Å². The average molecular weight is 198 g/mol. The van der Waals surface area contributed by atoms with Gasteiger partial charge in [-0.05, 0) is 32.4 Å². The quantitative estimate of drug-likeness (QED) is 0.572. The fraction of sp³-hybridized carbons (Fsp3) is 1.00. The number of rotatable bonds is 9. The first-order valence-corrected chi connectivity index (χ1v) is 6.33. The van der Waals surface area contributed by atoms with E-state index in [2.05, 4.69) is 24.1 Å². The van der Waals surface area contributed by atoms with Gasteiger partial charge < -0.3 is 5.32 Å². The molecule has 0 atom stereocenters. The molecule has 14 heavy (non-hydrogen) atoms. The third-order valence-corrected chi connectivity index (χ3v) is 3.00. The van der Waals surface area contributed by atoms with Crippen molar-refractivity contribution in [3.63, 3.8) is 0 Å². The highest BCUT2D eigenvalue weighted by Gasteiger charge is 2.26. The van der Waals surface area contributed by atoms with Crippen LogP contribution in [0.25, 0.3) is 0 Å². The van der Waals surface area contributed by atoms with Gasteiger partial charge in [-0.2, -0.15) is 0 Å². The predicted octanol–water partition coefficient (Wildman–Crippen LogP) is 2.25. The second-order valence-corrected chi connectivity index (χ2v) is 4.32. The SMILES string of the molecule is CCCCCNCCN(CC)C1CC1. The Balaban J connectivity index is 1.86. The summed E-state index contributed by atoms with van der Waals surface area (Å²) in [5, 5.41) is 3.53. The lowest BCUT2D eigenvalue weighted by Gasteiger charge is -2.19. The smallest absolute Gasteiger partial charge is 0.0110 e. The zero-order valence-electron chi connectivity index (χ0n) is 9.89. The predicted molar refractivity (Wildman–Crippen MR) is 62.7 cm³/mol. The summed E-state index contributed by atoms with van der Waals surface area (Å²) >= 11 is 0. The normalized spacial score (nSPS) is 16.5. The van der Waals surface area contributed by atoms with Gasteiger partial charge in [-0.1, -0.05) is 26.7 Å². The van der Waals surface area contributed by atoms with Gasteiger partial charge in [0.25, 0.3) is 0 Å². The van der Waals surface area contributed by atoms with E-state index in [-0.39, 0.29) is 0 Å². The van der Waals surface area contributed by atoms with Gasteiger partial charge in [0.1, 0.15) is 0 Å². The summed E-state index contributed by atoms with van der Waals surface area (Å²) in [6.07, 6.45) is 6.90. The van der Waals surface area contributed by atoms with Crippen molar-refractivity contribution in [1.82, 2.24) is 10.2 Å². The van der Waals surface area contributed by atoms with Crippen LogP contribution in [0.1, 0.15) is 46.0 Å². The molecule has 2 nitrogen and oxygen atoms in total. The van der Waals surface area contributed by atoms with Gasteiger partial charge in [0.15, 0.2) is 0 Å². The molecule has 0 bridgehead atoms. The van der Waals surface area contributed by atoms with Gasteiger partial charge >= 0.3 is 0 Å². The highest BCUT2D eigenvalue weighted by atomic mass is 15.2. The Bertz CT molecular complexity index is 132. The minimum atomic E-state index is 0.928. The largest absolute Gasteiger partial charge is 0.315 e. The summed E-state index contributed by atoms with van der Waals surface area (Å²) < 4.78 is 0. The molecule has 1 saturated carbocycles. The summed E-state index contributed by atoms with van der Waals surface area (Å²) in [4.78, 5) is 2.60. The number of nitrogens with one attached hydrogen (secondary N) is 1. The van der Waals surface area contributed by atoms with Crippen molar-refractivity contribution in [1.29, 1.82) is 0 Å². The van der Waals surface area contributed by atoms with Crippen molar-refractivity contribution in [2.24, 2.45) is 0 Å². The van der Waals surface area contributed by atoms with E-state index in [1.807, 2.05) is 0 Å². The molecule has 1 N–H and O–H groups in total. The zero-order valence-corrected chi connectivity index (χ0v) is 9.89. The van der Waals surface area contributed by atoms with Crippen molar-refractivity contribution in [3.05, 3.63) is 0 Å². The fourth-order valence-corrected chi connectivity index (χ4v) is 1.89. The first-order valence-electron chi connectivity index (χ1n) is 6.33. The average Bonchev–Trinajstić information content (AvgIpc) is 3.01. The van der Waals surface area contributed by atoms with Crippen LogP contribution in [0.2, 0.25) is 0 Å². The zero-order chi connectivity index (χ0) is 10.2. The van der Waals surface area contributed by atoms with E-state index < -0.39 is 0 Å². The van der Waals surface area contributed by atoms with Crippen LogP contribution in [-0.2, 0) is 0 Å². The van der Waals surface area contributed by atoms with Gasteiger partial charge in [-0.15, -0.1) is 0 Å². The van der Waals surface area contributed by atoms with Crippen LogP contribution in [-0.4, -0.2) is 37.1 Å². The molecule has 0 saturated heterocycles. The van der Waals surface area contributed by atoms with Crippen molar-refractivity contribution in [3.8, 4) is 0 Å². The molecule has 84 valence electrons. The molecule has 1 aliphatic carbocycles. The van der Waals surface area contributed by atoms with E-state index in [0.29, 0.717) is 0 Å². The van der Waals surface area contributed by atoms with Gasteiger partial charge in [0.2, 0.25) is 0 Å². The maximum absolute atomic E-state index is 3.53. The summed E-state index contributed by atoms with van der Waals surface area (Å²) in [7, 11) is 0. The van der Waals surface area contributed by atoms with Crippen molar-refractivity contribution < 1.29 is 0 Å². The van der Waals surface area contributed by atoms with Crippen LogP contribution in [0.5, 0.6) is 0 Å². The van der Waals surface area contributed by atoms with E-state index in [1.54, 1.807) is 0 Å². The Morgan fingerprint density at radius 2 is 1.93 bits per heavy atom. The summed E-state index contributed by atoms with van der Waals surface area (Å²) in [5.41, 5.74) is 0. The molecule has 0 radical (unpaired) electrons. The number of likely N-dealkylation sites (N-methyl/N-ethyl adjacent to an activating group) is 1. The lowest BCUT2D eigenvalue weighted by Crippen LogP contribution is -2.33. The molecule has 0 spiro atoms. The van der Waals surface area contributed by atoms with Crippen LogP contribution >= 0.6 is 0 Å². The highest BCUT2D eigenvalue weighted by Crippen LogP contribution is 2.25. The highest BCUT2D eigenvalue weighted by molar-refractivity contribution is 4.83. The maximum Gasteiger partial charge on any atom is 0.0110 e. The van der Waals surface area contributed by atoms with E-state index in [1.165, 1.54) is 58.3 Å². The molecule has 0 aliphatic heterocycles. The van der Waals surface area contributed by atoms with Gasteiger partial charge in [0.05, 0.1) is 0 Å². The Labute approximate surface area is 89.1 Å². The second-order valence-electron chi connectivity index (χ2n) is 4.32. The molecule has 0 aromatic rings. The molecule has 0 aromatic heterocycles. The molecule has 0 amide bonds. The minimum absolute atomic E-state index is 0.928. The topological polar surface area (TPSA) is 15.3 Å². The molecule has 0 heterocycles. The van der Waals surface area contributed by atoms with Crippen LogP contribution in [0.15, 0.2) is 0 Å². The Kier molecular flexibility index (Phi) is 6.20. The molecular weight excluding hydrogens is 172 g/mol. The van der Waals surface area contributed by atoms with Crippen LogP contribution < -0.4 is 5.32 Å². The first kappa shape index (κ1) is 12.0. The van der Waals surface area contributed by atoms with Crippen LogP contribution in [0.3, 0.4) is 0 Å². The molecular formula is C12H26N2. The van der Waals surface area contributed by atoms with E-state index >= 15 is 0 Å². The molecule has 2 heteroatoms. The second kappa shape index (κ2) is 7.24. The molecule has 1 fully saturated rings. The standard InChI is InChI=1S/C12H26N2/c1-3-5-6-9-13-10-11-14(4-2)12-7-8-12/h12-13H,3-11H2,1-2H3. The molecule has 0 aromatic carbocycles. The minimum Gasteiger partial charge on any atom is -0.315 e. The summed E-state index contributed by atoms with van der Waals surface area (Å²) in [5.74, 6) is 0. The van der Waals surface area contributed by atoms with Crippen LogP contribution in [0.4, 0.5) is 0 Å². The molecule has 0 unspecified atom stereocenters. The lowest BCUT2D eigenvalue weighted by molar-refractivity contribution is 0.277. The Morgan fingerprint density at radius 1 is 1.14 bits per heavy atom. The molecule has 1 rings (SSSR count). The maximum atomic E-state index is 3.53. The van der Waals surface area contributed by atoms with E-state index in [0.717, 1.165) is 6.04 Å². The third kappa shape index (κ3) is 4.97. The van der Waals surface area contributed by atoms with Crippen molar-refractivity contribution >= 4 is 0 Å². The monoisotopic (exact) mass is 198 g/mol. The van der Waals surface area contributed by atoms with Gasteiger partial charge in [0, 0.05) is 19.1 Å². The third-order valence-electron chi connectivity index (χ3n) is 3.00. The number of hydrogen-bond donors (Lipinski definition) is 1. The van der Waals surface area contributed by atoms with Crippen molar-refractivity contribution in [2.75, 3.05) is 26.2 Å². The summed E-state index contributed by atoms with van der Waals surface area (Å²) in [6.45, 7) is 9.38. The van der Waals surface area contributed by atoms with E-state index in [4.69, 9.17) is 0 Å².